The van der Waals surface area contributed by atoms with E-state index in [1.165, 1.54) is 12.8 Å². The molecule has 1 fully saturated rings. The predicted molar refractivity (Wildman–Crippen MR) is 43.7 cm³/mol. The molecule has 58 valence electrons. The van der Waals surface area contributed by atoms with Crippen LogP contribution in [0, 0.1) is 6.92 Å². The standard InChI is InChI=1S/C9H11NO/c1-7-6-9(11)4-5-10(7)8-2-3-8/h4-6,8H,2-3H2,1H3. The lowest BCUT2D eigenvalue weighted by atomic mass is 10.3. The molecule has 0 unspecified atom stereocenters. The first-order chi connectivity index (χ1) is 5.27. The fraction of sp³-hybridized carbons (Fsp3) is 0.444. The summed E-state index contributed by atoms with van der Waals surface area (Å²) in [5.74, 6) is 0. The second-order valence-corrected chi connectivity index (χ2v) is 3.14. The van der Waals surface area contributed by atoms with E-state index in [2.05, 4.69) is 4.57 Å². The number of rotatable bonds is 1. The van der Waals surface area contributed by atoms with Crippen molar-refractivity contribution in [2.45, 2.75) is 25.8 Å². The number of aromatic nitrogens is 1. The third-order valence-electron chi connectivity index (χ3n) is 2.10. The average molecular weight is 149 g/mol. The van der Waals surface area contributed by atoms with Gasteiger partial charge in [-0.05, 0) is 19.8 Å². The monoisotopic (exact) mass is 149 g/mol. The van der Waals surface area contributed by atoms with Crippen molar-refractivity contribution >= 4 is 0 Å². The van der Waals surface area contributed by atoms with Crippen molar-refractivity contribution < 1.29 is 0 Å². The minimum atomic E-state index is 0.111. The van der Waals surface area contributed by atoms with Crippen LogP contribution in [0.3, 0.4) is 0 Å². The first kappa shape index (κ1) is 6.65. The SMILES string of the molecule is Cc1cc(=O)ccn1C1CC1. The second kappa shape index (κ2) is 2.22. The Kier molecular flexibility index (Phi) is 1.34. The van der Waals surface area contributed by atoms with Gasteiger partial charge in [0.15, 0.2) is 5.43 Å². The van der Waals surface area contributed by atoms with Crippen LogP contribution in [0.1, 0.15) is 24.6 Å². The van der Waals surface area contributed by atoms with Crippen molar-refractivity contribution in [3.63, 3.8) is 0 Å². The van der Waals surface area contributed by atoms with Crippen molar-refractivity contribution in [3.8, 4) is 0 Å². The molecular weight excluding hydrogens is 138 g/mol. The normalized spacial score (nSPS) is 16.8. The van der Waals surface area contributed by atoms with Crippen LogP contribution in [-0.4, -0.2) is 4.57 Å². The molecule has 0 spiro atoms. The van der Waals surface area contributed by atoms with Crippen LogP contribution in [0.15, 0.2) is 23.1 Å². The van der Waals surface area contributed by atoms with Gasteiger partial charge in [-0.1, -0.05) is 0 Å². The van der Waals surface area contributed by atoms with E-state index in [1.54, 1.807) is 12.1 Å². The van der Waals surface area contributed by atoms with E-state index in [-0.39, 0.29) is 5.43 Å². The van der Waals surface area contributed by atoms with Crippen LogP contribution in [0.2, 0.25) is 0 Å². The Morgan fingerprint density at radius 1 is 1.55 bits per heavy atom. The largest absolute Gasteiger partial charge is 0.348 e. The molecule has 0 aliphatic heterocycles. The van der Waals surface area contributed by atoms with Crippen LogP contribution >= 0.6 is 0 Å². The van der Waals surface area contributed by atoms with Gasteiger partial charge in [0.25, 0.3) is 0 Å². The zero-order chi connectivity index (χ0) is 7.84. The van der Waals surface area contributed by atoms with Crippen LogP contribution < -0.4 is 5.43 Å². The summed E-state index contributed by atoms with van der Waals surface area (Å²) in [6.45, 7) is 1.99. The number of pyridine rings is 1. The molecule has 2 nitrogen and oxygen atoms in total. The maximum atomic E-state index is 10.9. The lowest BCUT2D eigenvalue weighted by molar-refractivity contribution is 0.706. The summed E-state index contributed by atoms with van der Waals surface area (Å²) >= 11 is 0. The van der Waals surface area contributed by atoms with Gasteiger partial charge in [0.1, 0.15) is 0 Å². The molecule has 2 rings (SSSR count). The summed E-state index contributed by atoms with van der Waals surface area (Å²) in [5.41, 5.74) is 1.19. The molecule has 0 saturated heterocycles. The Hall–Kier alpha value is -1.05. The van der Waals surface area contributed by atoms with Crippen LogP contribution in [0.5, 0.6) is 0 Å². The zero-order valence-electron chi connectivity index (χ0n) is 6.58. The third kappa shape index (κ3) is 1.20. The summed E-state index contributed by atoms with van der Waals surface area (Å²) in [5, 5.41) is 0. The van der Waals surface area contributed by atoms with Gasteiger partial charge in [-0.15, -0.1) is 0 Å². The average Bonchev–Trinajstić information content (AvgIpc) is 2.70. The smallest absolute Gasteiger partial charge is 0.181 e. The summed E-state index contributed by atoms with van der Waals surface area (Å²) in [7, 11) is 0. The van der Waals surface area contributed by atoms with Gasteiger partial charge in [-0.25, -0.2) is 0 Å². The van der Waals surface area contributed by atoms with Gasteiger partial charge >= 0.3 is 0 Å². The first-order valence-electron chi connectivity index (χ1n) is 3.96. The highest BCUT2D eigenvalue weighted by Crippen LogP contribution is 2.34. The molecule has 0 amide bonds. The molecule has 1 saturated carbocycles. The molecule has 0 bridgehead atoms. The Bertz CT molecular complexity index is 323. The third-order valence-corrected chi connectivity index (χ3v) is 2.10. The van der Waals surface area contributed by atoms with Crippen LogP contribution in [0.25, 0.3) is 0 Å². The summed E-state index contributed by atoms with van der Waals surface area (Å²) < 4.78 is 2.18. The molecule has 0 atom stereocenters. The van der Waals surface area contributed by atoms with Crippen molar-refractivity contribution in [1.29, 1.82) is 0 Å². The van der Waals surface area contributed by atoms with Gasteiger partial charge in [-0.2, -0.15) is 0 Å². The van der Waals surface area contributed by atoms with E-state index in [0.717, 1.165) is 5.69 Å². The Labute approximate surface area is 65.5 Å². The molecule has 1 heterocycles. The molecule has 1 aromatic heterocycles. The molecule has 0 radical (unpaired) electrons. The molecule has 0 N–H and O–H groups in total. The summed E-state index contributed by atoms with van der Waals surface area (Å²) in [6, 6.07) is 4.00. The lowest BCUT2D eigenvalue weighted by Crippen LogP contribution is -2.06. The number of aryl methyl sites for hydroxylation is 1. The summed E-state index contributed by atoms with van der Waals surface area (Å²) in [6.07, 6.45) is 4.43. The summed E-state index contributed by atoms with van der Waals surface area (Å²) in [4.78, 5) is 10.9. The minimum Gasteiger partial charge on any atom is -0.348 e. The van der Waals surface area contributed by atoms with Crippen molar-refractivity contribution in [2.75, 3.05) is 0 Å². The van der Waals surface area contributed by atoms with Gasteiger partial charge in [0, 0.05) is 30.1 Å². The van der Waals surface area contributed by atoms with Crippen LogP contribution in [0.4, 0.5) is 0 Å². The molecule has 1 aliphatic carbocycles. The van der Waals surface area contributed by atoms with E-state index in [4.69, 9.17) is 0 Å². The zero-order valence-corrected chi connectivity index (χ0v) is 6.58. The quantitative estimate of drug-likeness (QED) is 0.593. The molecule has 0 aromatic carbocycles. The van der Waals surface area contributed by atoms with Gasteiger partial charge in [-0.3, -0.25) is 4.79 Å². The minimum absolute atomic E-state index is 0.111. The Balaban J connectivity index is 2.47. The second-order valence-electron chi connectivity index (χ2n) is 3.14. The molecule has 1 aromatic rings. The highest BCUT2D eigenvalue weighted by molar-refractivity contribution is 5.07. The number of hydrogen-bond donors (Lipinski definition) is 0. The van der Waals surface area contributed by atoms with Gasteiger partial charge in [0.2, 0.25) is 0 Å². The van der Waals surface area contributed by atoms with Crippen molar-refractivity contribution in [2.24, 2.45) is 0 Å². The maximum Gasteiger partial charge on any atom is 0.181 e. The fourth-order valence-corrected chi connectivity index (χ4v) is 1.36. The van der Waals surface area contributed by atoms with E-state index in [1.807, 2.05) is 13.1 Å². The number of hydrogen-bond acceptors (Lipinski definition) is 1. The van der Waals surface area contributed by atoms with E-state index in [9.17, 15) is 4.79 Å². The lowest BCUT2D eigenvalue weighted by Gasteiger charge is -2.06. The topological polar surface area (TPSA) is 22.0 Å². The first-order valence-corrected chi connectivity index (χ1v) is 3.96. The molecule has 1 aliphatic rings. The van der Waals surface area contributed by atoms with Crippen LogP contribution in [-0.2, 0) is 0 Å². The number of nitrogens with zero attached hydrogens (tertiary/aromatic N) is 1. The molecule has 11 heavy (non-hydrogen) atoms. The van der Waals surface area contributed by atoms with Crippen molar-refractivity contribution in [1.82, 2.24) is 4.57 Å². The van der Waals surface area contributed by atoms with E-state index in [0.29, 0.717) is 6.04 Å². The highest BCUT2D eigenvalue weighted by atomic mass is 16.1. The Morgan fingerprint density at radius 3 is 2.82 bits per heavy atom. The highest BCUT2D eigenvalue weighted by Gasteiger charge is 2.23. The van der Waals surface area contributed by atoms with Gasteiger partial charge < -0.3 is 4.57 Å². The van der Waals surface area contributed by atoms with E-state index >= 15 is 0 Å². The fourth-order valence-electron chi connectivity index (χ4n) is 1.36. The van der Waals surface area contributed by atoms with E-state index < -0.39 is 0 Å². The molecule has 2 heteroatoms. The Morgan fingerprint density at radius 2 is 2.27 bits per heavy atom. The predicted octanol–water partition coefficient (Wildman–Crippen LogP) is 1.49. The van der Waals surface area contributed by atoms with Gasteiger partial charge in [0.05, 0.1) is 0 Å². The molecular formula is C9H11NO. The maximum absolute atomic E-state index is 10.9. The van der Waals surface area contributed by atoms with Crippen molar-refractivity contribution in [3.05, 3.63) is 34.2 Å².